The normalized spacial score (nSPS) is 14.9. The summed E-state index contributed by atoms with van der Waals surface area (Å²) in [5.41, 5.74) is 1.01. The molecule has 1 aromatic carbocycles. The predicted octanol–water partition coefficient (Wildman–Crippen LogP) is 4.66. The van der Waals surface area contributed by atoms with Crippen molar-refractivity contribution < 1.29 is 4.79 Å². The molecular formula is C14H11ClOS. The molecule has 1 heterocycles. The molecule has 0 amide bonds. The average molecular weight is 263 g/mol. The molecule has 0 unspecified atom stereocenters. The molecule has 0 spiro atoms. The lowest BCUT2D eigenvalue weighted by Crippen LogP contribution is -1.96. The molecule has 86 valence electrons. The zero-order valence-electron chi connectivity index (χ0n) is 9.15. The SMILES string of the molecule is O=C(c1ccc(-c2ccccc2Cl)s1)C1CC1. The summed E-state index contributed by atoms with van der Waals surface area (Å²) in [4.78, 5) is 13.8. The second-order valence-electron chi connectivity index (χ2n) is 4.28. The quantitative estimate of drug-likeness (QED) is 0.735. The number of hydrogen-bond acceptors (Lipinski definition) is 2. The standard InChI is InChI=1S/C14H11ClOS/c15-11-4-2-1-3-10(11)12-7-8-13(17-12)14(16)9-5-6-9/h1-4,7-9H,5-6H2. The zero-order chi connectivity index (χ0) is 11.8. The van der Waals surface area contributed by atoms with E-state index in [1.165, 1.54) is 0 Å². The Hall–Kier alpha value is -1.12. The van der Waals surface area contributed by atoms with Gasteiger partial charge in [-0.2, -0.15) is 0 Å². The third-order valence-electron chi connectivity index (χ3n) is 2.94. The van der Waals surface area contributed by atoms with Crippen LogP contribution in [0.3, 0.4) is 0 Å². The number of ketones is 1. The van der Waals surface area contributed by atoms with E-state index >= 15 is 0 Å². The molecule has 1 fully saturated rings. The van der Waals surface area contributed by atoms with Crippen molar-refractivity contribution in [3.05, 3.63) is 46.3 Å². The van der Waals surface area contributed by atoms with Crippen LogP contribution in [0, 0.1) is 5.92 Å². The minimum atomic E-state index is 0.285. The van der Waals surface area contributed by atoms with Gasteiger partial charge in [-0.3, -0.25) is 4.79 Å². The van der Waals surface area contributed by atoms with Crippen LogP contribution in [0.4, 0.5) is 0 Å². The van der Waals surface area contributed by atoms with Gasteiger partial charge in [-0.05, 0) is 31.0 Å². The molecule has 0 radical (unpaired) electrons. The summed E-state index contributed by atoms with van der Waals surface area (Å²) >= 11 is 7.69. The summed E-state index contributed by atoms with van der Waals surface area (Å²) in [5, 5.41) is 0.736. The van der Waals surface area contributed by atoms with Crippen LogP contribution in [-0.2, 0) is 0 Å². The fraction of sp³-hybridized carbons (Fsp3) is 0.214. The molecule has 0 N–H and O–H groups in total. The summed E-state index contributed by atoms with van der Waals surface area (Å²) in [7, 11) is 0. The van der Waals surface area contributed by atoms with Gasteiger partial charge >= 0.3 is 0 Å². The molecule has 1 saturated carbocycles. The monoisotopic (exact) mass is 262 g/mol. The third-order valence-corrected chi connectivity index (χ3v) is 4.40. The molecule has 0 saturated heterocycles. The maximum atomic E-state index is 11.9. The molecule has 0 atom stereocenters. The molecule has 0 bridgehead atoms. The molecule has 0 aliphatic heterocycles. The van der Waals surface area contributed by atoms with Crippen LogP contribution in [0.5, 0.6) is 0 Å². The fourth-order valence-corrected chi connectivity index (χ4v) is 3.18. The van der Waals surface area contributed by atoms with Crippen LogP contribution in [0.15, 0.2) is 36.4 Å². The summed E-state index contributed by atoms with van der Waals surface area (Å²) < 4.78 is 0. The average Bonchev–Trinajstić information content (AvgIpc) is 3.07. The first-order chi connectivity index (χ1) is 8.25. The van der Waals surface area contributed by atoms with Crippen LogP contribution in [-0.4, -0.2) is 5.78 Å². The second kappa shape index (κ2) is 4.28. The van der Waals surface area contributed by atoms with Gasteiger partial charge < -0.3 is 0 Å². The number of benzene rings is 1. The van der Waals surface area contributed by atoms with Crippen LogP contribution in [0.1, 0.15) is 22.5 Å². The van der Waals surface area contributed by atoms with Crippen molar-refractivity contribution in [2.45, 2.75) is 12.8 Å². The van der Waals surface area contributed by atoms with E-state index in [1.807, 2.05) is 36.4 Å². The van der Waals surface area contributed by atoms with Crippen molar-refractivity contribution in [3.63, 3.8) is 0 Å². The summed E-state index contributed by atoms with van der Waals surface area (Å²) in [6.07, 6.45) is 2.11. The van der Waals surface area contributed by atoms with E-state index in [9.17, 15) is 4.79 Å². The highest BCUT2D eigenvalue weighted by Gasteiger charge is 2.31. The first-order valence-electron chi connectivity index (χ1n) is 5.64. The van der Waals surface area contributed by atoms with Gasteiger partial charge in [-0.25, -0.2) is 0 Å². The highest BCUT2D eigenvalue weighted by atomic mass is 35.5. The highest BCUT2D eigenvalue weighted by Crippen LogP contribution is 2.38. The van der Waals surface area contributed by atoms with E-state index in [4.69, 9.17) is 11.6 Å². The molecule has 3 heteroatoms. The summed E-state index contributed by atoms with van der Waals surface area (Å²) in [6.45, 7) is 0. The maximum absolute atomic E-state index is 11.9. The lowest BCUT2D eigenvalue weighted by Gasteiger charge is -1.99. The van der Waals surface area contributed by atoms with E-state index in [1.54, 1.807) is 11.3 Å². The van der Waals surface area contributed by atoms with Crippen LogP contribution < -0.4 is 0 Å². The lowest BCUT2D eigenvalue weighted by atomic mass is 10.2. The lowest BCUT2D eigenvalue weighted by molar-refractivity contribution is 0.0971. The van der Waals surface area contributed by atoms with E-state index < -0.39 is 0 Å². The Bertz CT molecular complexity index is 569. The zero-order valence-corrected chi connectivity index (χ0v) is 10.7. The Balaban J connectivity index is 1.94. The third kappa shape index (κ3) is 2.15. The van der Waals surface area contributed by atoms with Gasteiger partial charge in [0, 0.05) is 21.4 Å². The number of halogens is 1. The molecule has 3 rings (SSSR count). The number of Topliss-reactive ketones (excluding diaryl/α,β-unsaturated/α-hetero) is 1. The Kier molecular flexibility index (Phi) is 2.77. The predicted molar refractivity (Wildman–Crippen MR) is 71.8 cm³/mol. The van der Waals surface area contributed by atoms with Crippen LogP contribution in [0.25, 0.3) is 10.4 Å². The van der Waals surface area contributed by atoms with Crippen molar-refractivity contribution in [1.29, 1.82) is 0 Å². The minimum absolute atomic E-state index is 0.285. The summed E-state index contributed by atoms with van der Waals surface area (Å²) in [5.74, 6) is 0.584. The maximum Gasteiger partial charge on any atom is 0.175 e. The smallest absolute Gasteiger partial charge is 0.175 e. The van der Waals surface area contributed by atoms with Crippen molar-refractivity contribution in [2.75, 3.05) is 0 Å². The highest BCUT2D eigenvalue weighted by molar-refractivity contribution is 7.17. The van der Waals surface area contributed by atoms with Crippen molar-refractivity contribution >= 4 is 28.7 Å². The second-order valence-corrected chi connectivity index (χ2v) is 5.77. The van der Waals surface area contributed by atoms with E-state index in [0.29, 0.717) is 5.78 Å². The Labute approximate surface area is 109 Å². The molecular weight excluding hydrogens is 252 g/mol. The van der Waals surface area contributed by atoms with E-state index in [2.05, 4.69) is 0 Å². The largest absolute Gasteiger partial charge is 0.293 e. The number of carbonyl (C=O) groups is 1. The van der Waals surface area contributed by atoms with E-state index in [0.717, 1.165) is 33.2 Å². The van der Waals surface area contributed by atoms with Crippen LogP contribution in [0.2, 0.25) is 5.02 Å². The Morgan fingerprint density at radius 1 is 1.18 bits per heavy atom. The van der Waals surface area contributed by atoms with Crippen molar-refractivity contribution in [2.24, 2.45) is 5.92 Å². The minimum Gasteiger partial charge on any atom is -0.293 e. The first-order valence-corrected chi connectivity index (χ1v) is 6.84. The number of rotatable bonds is 3. The van der Waals surface area contributed by atoms with Gasteiger partial charge in [0.1, 0.15) is 0 Å². The van der Waals surface area contributed by atoms with Crippen molar-refractivity contribution in [3.8, 4) is 10.4 Å². The first kappa shape index (κ1) is 11.0. The van der Waals surface area contributed by atoms with Gasteiger partial charge in [0.15, 0.2) is 5.78 Å². The molecule has 17 heavy (non-hydrogen) atoms. The molecule has 1 aliphatic carbocycles. The molecule has 1 aromatic heterocycles. The molecule has 1 nitrogen and oxygen atoms in total. The topological polar surface area (TPSA) is 17.1 Å². The number of carbonyl (C=O) groups excluding carboxylic acids is 1. The number of thiophene rings is 1. The summed E-state index contributed by atoms with van der Waals surface area (Å²) in [6, 6.07) is 11.6. The van der Waals surface area contributed by atoms with Crippen molar-refractivity contribution in [1.82, 2.24) is 0 Å². The number of hydrogen-bond donors (Lipinski definition) is 0. The van der Waals surface area contributed by atoms with Gasteiger partial charge in [0.05, 0.1) is 4.88 Å². The van der Waals surface area contributed by atoms with E-state index in [-0.39, 0.29) is 5.92 Å². The van der Waals surface area contributed by atoms with Gasteiger partial charge in [-0.1, -0.05) is 29.8 Å². The van der Waals surface area contributed by atoms with Gasteiger partial charge in [0.2, 0.25) is 0 Å². The Morgan fingerprint density at radius 2 is 1.94 bits per heavy atom. The molecule has 1 aliphatic rings. The van der Waals surface area contributed by atoms with Crippen LogP contribution >= 0.6 is 22.9 Å². The van der Waals surface area contributed by atoms with Gasteiger partial charge in [0.25, 0.3) is 0 Å². The molecule has 2 aromatic rings. The van der Waals surface area contributed by atoms with Gasteiger partial charge in [-0.15, -0.1) is 11.3 Å². The Morgan fingerprint density at radius 3 is 2.65 bits per heavy atom. The fourth-order valence-electron chi connectivity index (χ4n) is 1.82.